The van der Waals surface area contributed by atoms with Gasteiger partial charge in [-0.2, -0.15) is 35.1 Å². The third-order valence-electron chi connectivity index (χ3n) is 3.30. The van der Waals surface area contributed by atoms with Crippen molar-refractivity contribution in [2.75, 3.05) is 0 Å². The molecule has 0 aliphatic rings. The molecule has 0 spiro atoms. The van der Waals surface area contributed by atoms with Gasteiger partial charge < -0.3 is 0 Å². The van der Waals surface area contributed by atoms with E-state index in [1.165, 1.54) is 0 Å². The second kappa shape index (κ2) is 6.68. The molecule has 0 saturated carbocycles. The maximum Gasteiger partial charge on any atom is 0.459 e. The first-order valence-corrected chi connectivity index (χ1v) is 7.04. The van der Waals surface area contributed by atoms with Crippen LogP contribution in [-0.2, 0) is 12.1 Å². The Morgan fingerprint density at radius 3 is 2.04 bits per heavy atom. The van der Waals surface area contributed by atoms with Crippen molar-refractivity contribution in [2.24, 2.45) is 0 Å². The second-order valence-corrected chi connectivity index (χ2v) is 5.54. The zero-order valence-corrected chi connectivity index (χ0v) is 13.5. The van der Waals surface area contributed by atoms with Gasteiger partial charge in [-0.25, -0.2) is 4.98 Å². The summed E-state index contributed by atoms with van der Waals surface area (Å²) < 4.78 is 102. The minimum absolute atomic E-state index is 0.0197. The zero-order chi connectivity index (χ0) is 21.7. The van der Waals surface area contributed by atoms with Crippen molar-refractivity contribution >= 4 is 17.3 Å². The van der Waals surface area contributed by atoms with E-state index in [9.17, 15) is 50.0 Å². The van der Waals surface area contributed by atoms with E-state index in [4.69, 9.17) is 11.6 Å². The van der Waals surface area contributed by atoms with Gasteiger partial charge in [-0.1, -0.05) is 11.6 Å². The molecule has 0 saturated heterocycles. The number of rotatable bonds is 3. The molecule has 0 unspecified atom stereocenters. The normalized spacial score (nSPS) is 12.9. The molecule has 0 fully saturated rings. The molecule has 6 nitrogen and oxygen atoms in total. The molecule has 0 atom stereocenters. The molecule has 15 heteroatoms. The lowest BCUT2D eigenvalue weighted by molar-refractivity contribution is -0.384. The first-order valence-electron chi connectivity index (χ1n) is 6.66. The van der Waals surface area contributed by atoms with Crippen molar-refractivity contribution < 1.29 is 40.0 Å². The average molecular weight is 438 g/mol. The van der Waals surface area contributed by atoms with Gasteiger partial charge in [-0.3, -0.25) is 19.5 Å². The predicted octanol–water partition coefficient (Wildman–Crippen LogP) is 4.47. The van der Waals surface area contributed by atoms with Gasteiger partial charge >= 0.3 is 18.3 Å². The first kappa shape index (κ1) is 21.5. The van der Waals surface area contributed by atoms with Gasteiger partial charge in [-0.05, 0) is 6.07 Å². The Hall–Kier alpha value is -2.77. The van der Waals surface area contributed by atoms with Crippen molar-refractivity contribution in [1.82, 2.24) is 9.55 Å². The highest BCUT2D eigenvalue weighted by Crippen LogP contribution is 2.43. The number of hydrogen-bond donors (Lipinski definition) is 0. The van der Waals surface area contributed by atoms with Crippen LogP contribution in [0.3, 0.4) is 0 Å². The summed E-state index contributed by atoms with van der Waals surface area (Å²) in [6.45, 7) is 0. The van der Waals surface area contributed by atoms with Crippen LogP contribution in [0.25, 0.3) is 5.69 Å². The van der Waals surface area contributed by atoms with Gasteiger partial charge in [0, 0.05) is 12.1 Å². The Labute approximate surface area is 153 Å². The van der Waals surface area contributed by atoms with Crippen molar-refractivity contribution in [3.8, 4) is 5.69 Å². The molecule has 1 aromatic carbocycles. The van der Waals surface area contributed by atoms with Gasteiger partial charge in [0.1, 0.15) is 17.7 Å². The Kier molecular flexibility index (Phi) is 5.14. The van der Waals surface area contributed by atoms with E-state index in [1.54, 1.807) is 0 Å². The molecule has 1 aromatic heterocycles. The topological polar surface area (TPSA) is 78.0 Å². The molecule has 2 aromatic rings. The number of aromatic nitrogens is 2. The van der Waals surface area contributed by atoms with Crippen LogP contribution >= 0.6 is 11.6 Å². The van der Waals surface area contributed by atoms with Gasteiger partial charge in [0.2, 0.25) is 0 Å². The second-order valence-electron chi connectivity index (χ2n) is 5.14. The number of nitro benzene ring substituents is 1. The summed E-state index contributed by atoms with van der Waals surface area (Å²) in [4.78, 5) is 24.4. The fourth-order valence-electron chi connectivity index (χ4n) is 2.01. The quantitative estimate of drug-likeness (QED) is 0.403. The maximum absolute atomic E-state index is 13.3. The summed E-state index contributed by atoms with van der Waals surface area (Å²) in [5.41, 5.74) is -7.56. The van der Waals surface area contributed by atoms with Gasteiger partial charge in [0.05, 0.1) is 15.5 Å². The number of hydrogen-bond acceptors (Lipinski definition) is 4. The van der Waals surface area contributed by atoms with E-state index >= 15 is 0 Å². The summed E-state index contributed by atoms with van der Waals surface area (Å²) in [5, 5.41) is 10.1. The SMILES string of the molecule is O=c1cc(C(F)(F)C(F)(F)F)ncn1-c1c(Cl)cc(C(F)(F)F)cc1[N+](=O)[O-]. The van der Waals surface area contributed by atoms with Gasteiger partial charge in [0.15, 0.2) is 0 Å². The Bertz CT molecular complexity index is 1000. The highest BCUT2D eigenvalue weighted by molar-refractivity contribution is 6.33. The third kappa shape index (κ3) is 3.76. The lowest BCUT2D eigenvalue weighted by Crippen LogP contribution is -2.36. The van der Waals surface area contributed by atoms with E-state index in [1.807, 2.05) is 0 Å². The molecular weight excluding hydrogens is 434 g/mol. The summed E-state index contributed by atoms with van der Waals surface area (Å²) in [7, 11) is 0. The molecule has 0 amide bonds. The standard InChI is InChI=1S/C13H4ClF8N3O3/c14-6-1-5(12(17,18)19)2-7(25(27)28)10(6)24-4-23-8(3-9(24)26)11(15,16)13(20,21)22/h1-4H. The summed E-state index contributed by atoms with van der Waals surface area (Å²) in [5.74, 6) is -5.51. The number of halogens is 9. The van der Waals surface area contributed by atoms with Crippen molar-refractivity contribution in [1.29, 1.82) is 0 Å². The van der Waals surface area contributed by atoms with Crippen LogP contribution < -0.4 is 5.56 Å². The molecule has 0 bridgehead atoms. The molecule has 0 N–H and O–H groups in total. The fourth-order valence-corrected chi connectivity index (χ4v) is 2.32. The van der Waals surface area contributed by atoms with Crippen LogP contribution in [0.1, 0.15) is 11.3 Å². The van der Waals surface area contributed by atoms with E-state index in [2.05, 4.69) is 4.98 Å². The summed E-state index contributed by atoms with van der Waals surface area (Å²) in [6, 6.07) is -0.0222. The predicted molar refractivity (Wildman–Crippen MR) is 76.4 cm³/mol. The largest absolute Gasteiger partial charge is 0.459 e. The number of nitrogens with zero attached hydrogens (tertiary/aromatic N) is 3. The monoisotopic (exact) mass is 437 g/mol. The van der Waals surface area contributed by atoms with E-state index in [0.717, 1.165) is 0 Å². The molecule has 28 heavy (non-hydrogen) atoms. The lowest BCUT2D eigenvalue weighted by atomic mass is 10.1. The Balaban J connectivity index is 2.73. The summed E-state index contributed by atoms with van der Waals surface area (Å²) in [6.07, 6.45) is -11.1. The molecule has 0 radical (unpaired) electrons. The highest BCUT2D eigenvalue weighted by Gasteiger charge is 2.60. The smallest absolute Gasteiger partial charge is 0.269 e. The summed E-state index contributed by atoms with van der Waals surface area (Å²) >= 11 is 5.57. The van der Waals surface area contributed by atoms with Crippen molar-refractivity contribution in [2.45, 2.75) is 18.3 Å². The minimum atomic E-state index is -6.09. The number of alkyl halides is 8. The highest BCUT2D eigenvalue weighted by atomic mass is 35.5. The Morgan fingerprint density at radius 2 is 1.61 bits per heavy atom. The van der Waals surface area contributed by atoms with Crippen LogP contribution in [-0.4, -0.2) is 20.7 Å². The first-order chi connectivity index (χ1) is 12.6. The van der Waals surface area contributed by atoms with Crippen LogP contribution in [0.15, 0.2) is 29.3 Å². The van der Waals surface area contributed by atoms with Gasteiger partial charge in [0.25, 0.3) is 11.2 Å². The molecular formula is C13H4ClF8N3O3. The van der Waals surface area contributed by atoms with Crippen molar-refractivity contribution in [3.63, 3.8) is 0 Å². The molecule has 0 aliphatic heterocycles. The maximum atomic E-state index is 13.3. The minimum Gasteiger partial charge on any atom is -0.269 e. The third-order valence-corrected chi connectivity index (χ3v) is 3.58. The molecule has 1 heterocycles. The van der Waals surface area contributed by atoms with E-state index in [-0.39, 0.29) is 29.1 Å². The lowest BCUT2D eigenvalue weighted by Gasteiger charge is -2.19. The van der Waals surface area contributed by atoms with Gasteiger partial charge in [-0.15, -0.1) is 0 Å². The van der Waals surface area contributed by atoms with E-state index in [0.29, 0.717) is 0 Å². The zero-order valence-electron chi connectivity index (χ0n) is 12.8. The number of nitro groups is 1. The van der Waals surface area contributed by atoms with Crippen LogP contribution in [0.5, 0.6) is 0 Å². The van der Waals surface area contributed by atoms with E-state index < -0.39 is 56.4 Å². The van der Waals surface area contributed by atoms with Crippen LogP contribution in [0, 0.1) is 10.1 Å². The Morgan fingerprint density at radius 1 is 1.04 bits per heavy atom. The molecule has 2 rings (SSSR count). The van der Waals surface area contributed by atoms with Crippen LogP contribution in [0.2, 0.25) is 5.02 Å². The number of benzene rings is 1. The van der Waals surface area contributed by atoms with Crippen LogP contribution in [0.4, 0.5) is 40.8 Å². The fraction of sp³-hybridized carbons (Fsp3) is 0.231. The molecule has 152 valence electrons. The molecule has 0 aliphatic carbocycles. The van der Waals surface area contributed by atoms with Crippen molar-refractivity contribution in [3.05, 3.63) is 61.3 Å². The average Bonchev–Trinajstić information content (AvgIpc) is 2.52.